The van der Waals surface area contributed by atoms with Crippen LogP contribution >= 0.6 is 11.6 Å². The summed E-state index contributed by atoms with van der Waals surface area (Å²) in [5.74, 6) is -0.472. The summed E-state index contributed by atoms with van der Waals surface area (Å²) < 4.78 is 41.1. The largest absolute Gasteiger partial charge is 0.278 e. The highest BCUT2D eigenvalue weighted by Crippen LogP contribution is 2.37. The molecule has 0 saturated carbocycles. The molecule has 0 amide bonds. The molecule has 2 aromatic carbocycles. The topological polar surface area (TPSA) is 61.8 Å². The van der Waals surface area contributed by atoms with Crippen LogP contribution in [0.25, 0.3) is 5.70 Å². The van der Waals surface area contributed by atoms with Gasteiger partial charge in [0.1, 0.15) is 5.82 Å². The zero-order valence-corrected chi connectivity index (χ0v) is 14.9. The van der Waals surface area contributed by atoms with Gasteiger partial charge in [-0.15, -0.1) is 0 Å². The molecule has 0 atom stereocenters. The maximum absolute atomic E-state index is 13.7. The number of rotatable bonds is 4. The van der Waals surface area contributed by atoms with Gasteiger partial charge in [-0.2, -0.15) is 5.10 Å². The minimum absolute atomic E-state index is 0.109. The quantitative estimate of drug-likeness (QED) is 0.651. The number of anilines is 1. The Balaban J connectivity index is 2.16. The average Bonchev–Trinajstić information content (AvgIpc) is 2.57. The van der Waals surface area contributed by atoms with E-state index in [9.17, 15) is 12.8 Å². The average molecular weight is 380 g/mol. The highest BCUT2D eigenvalue weighted by atomic mass is 35.5. The maximum atomic E-state index is 13.7. The molecule has 5 nitrogen and oxygen atoms in total. The van der Waals surface area contributed by atoms with Gasteiger partial charge in [0.15, 0.2) is 0 Å². The van der Waals surface area contributed by atoms with Crippen molar-refractivity contribution in [3.63, 3.8) is 0 Å². The van der Waals surface area contributed by atoms with E-state index in [0.29, 0.717) is 27.5 Å². The molecule has 2 aromatic rings. The van der Waals surface area contributed by atoms with Gasteiger partial charge in [-0.25, -0.2) is 12.8 Å². The number of halogens is 2. The Morgan fingerprint density at radius 2 is 1.92 bits per heavy atom. The summed E-state index contributed by atoms with van der Waals surface area (Å²) >= 11 is 5.84. The van der Waals surface area contributed by atoms with Crippen LogP contribution < -0.4 is 9.73 Å². The molecule has 1 aliphatic heterocycles. The number of benzene rings is 2. The second-order valence-corrected chi connectivity index (χ2v) is 7.85. The SMILES string of the molecule is C=NNC1=C(C)CN(S(=O)(=O)c2ccc(Cl)cc2)c2ccc(F)cc21. The number of hydrazone groups is 1. The van der Waals surface area contributed by atoms with Gasteiger partial charge in [-0.3, -0.25) is 9.73 Å². The first kappa shape index (κ1) is 17.4. The molecule has 0 unspecified atom stereocenters. The summed E-state index contributed by atoms with van der Waals surface area (Å²) in [5, 5.41) is 4.07. The summed E-state index contributed by atoms with van der Waals surface area (Å²) in [7, 11) is -3.83. The third kappa shape index (κ3) is 3.12. The smallest absolute Gasteiger partial charge is 0.264 e. The van der Waals surface area contributed by atoms with E-state index in [-0.39, 0.29) is 11.4 Å². The predicted octanol–water partition coefficient (Wildman–Crippen LogP) is 3.62. The van der Waals surface area contributed by atoms with Crippen molar-refractivity contribution in [1.29, 1.82) is 0 Å². The van der Waals surface area contributed by atoms with E-state index >= 15 is 0 Å². The number of sulfonamides is 1. The fourth-order valence-electron chi connectivity index (χ4n) is 2.72. The van der Waals surface area contributed by atoms with E-state index in [1.807, 2.05) is 0 Å². The minimum atomic E-state index is -3.83. The van der Waals surface area contributed by atoms with Gasteiger partial charge in [0, 0.05) is 17.3 Å². The van der Waals surface area contributed by atoms with Crippen molar-refractivity contribution in [1.82, 2.24) is 5.43 Å². The highest BCUT2D eigenvalue weighted by molar-refractivity contribution is 7.92. The third-order valence-corrected chi connectivity index (χ3v) is 5.92. The van der Waals surface area contributed by atoms with Gasteiger partial charge < -0.3 is 0 Å². The molecular weight excluding hydrogens is 365 g/mol. The van der Waals surface area contributed by atoms with Crippen LogP contribution in [0.1, 0.15) is 12.5 Å². The van der Waals surface area contributed by atoms with Crippen molar-refractivity contribution < 1.29 is 12.8 Å². The summed E-state index contributed by atoms with van der Waals surface area (Å²) in [6.45, 7) is 5.24. The van der Waals surface area contributed by atoms with Gasteiger partial charge in [-0.1, -0.05) is 11.6 Å². The monoisotopic (exact) mass is 379 g/mol. The molecule has 130 valence electrons. The predicted molar refractivity (Wildman–Crippen MR) is 97.7 cm³/mol. The Labute approximate surface area is 150 Å². The van der Waals surface area contributed by atoms with E-state index in [0.717, 1.165) is 0 Å². The fourth-order valence-corrected chi connectivity index (χ4v) is 4.36. The number of nitrogens with one attached hydrogen (secondary N) is 1. The molecule has 0 spiro atoms. The number of nitrogens with zero attached hydrogens (tertiary/aromatic N) is 2. The lowest BCUT2D eigenvalue weighted by Gasteiger charge is -2.32. The van der Waals surface area contributed by atoms with E-state index in [4.69, 9.17) is 11.6 Å². The van der Waals surface area contributed by atoms with E-state index in [2.05, 4.69) is 17.2 Å². The van der Waals surface area contributed by atoms with E-state index < -0.39 is 15.8 Å². The maximum Gasteiger partial charge on any atom is 0.264 e. The summed E-state index contributed by atoms with van der Waals surface area (Å²) in [5.41, 5.74) is 4.75. The molecule has 1 N–H and O–H groups in total. The molecule has 0 bridgehead atoms. The first-order valence-electron chi connectivity index (χ1n) is 7.34. The Hall–Kier alpha value is -2.38. The van der Waals surface area contributed by atoms with Gasteiger partial charge in [0.2, 0.25) is 0 Å². The molecule has 1 heterocycles. The van der Waals surface area contributed by atoms with Crippen molar-refractivity contribution in [2.24, 2.45) is 5.10 Å². The normalized spacial score (nSPS) is 14.3. The van der Waals surface area contributed by atoms with Crippen LogP contribution in [-0.4, -0.2) is 21.7 Å². The molecule has 0 aliphatic carbocycles. The van der Waals surface area contributed by atoms with Crippen LogP contribution in [0.5, 0.6) is 0 Å². The van der Waals surface area contributed by atoms with Gasteiger partial charge >= 0.3 is 0 Å². The lowest BCUT2D eigenvalue weighted by molar-refractivity contribution is 0.591. The van der Waals surface area contributed by atoms with Crippen molar-refractivity contribution in [2.75, 3.05) is 10.8 Å². The molecule has 0 aromatic heterocycles. The zero-order chi connectivity index (χ0) is 18.2. The first-order valence-corrected chi connectivity index (χ1v) is 9.16. The number of fused-ring (bicyclic) bond motifs is 1. The number of hydrogen-bond acceptors (Lipinski definition) is 4. The van der Waals surface area contributed by atoms with Crippen molar-refractivity contribution in [3.8, 4) is 0 Å². The number of hydrogen-bond donors (Lipinski definition) is 1. The standard InChI is InChI=1S/C17H15ClFN3O2S/c1-11-10-22(25(23,24)14-6-3-12(18)4-7-14)16-8-5-13(19)9-15(16)17(11)21-20-2/h3-9,21H,2,10H2,1H3. The minimum Gasteiger partial charge on any atom is -0.278 e. The first-order chi connectivity index (χ1) is 11.8. The second-order valence-electron chi connectivity index (χ2n) is 5.55. The third-order valence-electron chi connectivity index (χ3n) is 3.90. The van der Waals surface area contributed by atoms with Crippen LogP contribution in [0.4, 0.5) is 10.1 Å². The Bertz CT molecular complexity index is 972. The van der Waals surface area contributed by atoms with Crippen LogP contribution in [0.2, 0.25) is 5.02 Å². The molecule has 0 saturated heterocycles. The van der Waals surface area contributed by atoms with Gasteiger partial charge in [-0.05, 0) is 55.0 Å². The Morgan fingerprint density at radius 3 is 2.56 bits per heavy atom. The lowest BCUT2D eigenvalue weighted by Crippen LogP contribution is -2.36. The lowest BCUT2D eigenvalue weighted by atomic mass is 10.0. The van der Waals surface area contributed by atoms with Crippen molar-refractivity contribution >= 4 is 39.7 Å². The fraction of sp³-hybridized carbons (Fsp3) is 0.118. The highest BCUT2D eigenvalue weighted by Gasteiger charge is 2.32. The van der Waals surface area contributed by atoms with Gasteiger partial charge in [0.05, 0.1) is 22.8 Å². The zero-order valence-electron chi connectivity index (χ0n) is 13.3. The van der Waals surface area contributed by atoms with Crippen molar-refractivity contribution in [3.05, 3.63) is 64.4 Å². The second kappa shape index (κ2) is 6.50. The van der Waals surface area contributed by atoms with Crippen molar-refractivity contribution in [2.45, 2.75) is 11.8 Å². The summed E-state index contributed by atoms with van der Waals surface area (Å²) in [6, 6.07) is 9.86. The molecule has 3 rings (SSSR count). The van der Waals surface area contributed by atoms with Crippen LogP contribution in [0, 0.1) is 5.82 Å². The van der Waals surface area contributed by atoms with Gasteiger partial charge in [0.25, 0.3) is 10.0 Å². The molecule has 8 heteroatoms. The molecule has 1 aliphatic rings. The van der Waals surface area contributed by atoms with E-state index in [1.54, 1.807) is 6.92 Å². The Morgan fingerprint density at radius 1 is 1.24 bits per heavy atom. The summed E-state index contributed by atoms with van der Waals surface area (Å²) in [4.78, 5) is 0.109. The Kier molecular flexibility index (Phi) is 4.53. The summed E-state index contributed by atoms with van der Waals surface area (Å²) in [6.07, 6.45) is 0. The molecule has 0 radical (unpaired) electrons. The molecular formula is C17H15ClFN3O2S. The van der Waals surface area contributed by atoms with Crippen LogP contribution in [0.3, 0.4) is 0 Å². The molecule has 0 fully saturated rings. The van der Waals surface area contributed by atoms with E-state index in [1.165, 1.54) is 46.8 Å². The van der Waals surface area contributed by atoms with Crippen LogP contribution in [0.15, 0.2) is 58.0 Å². The molecule has 25 heavy (non-hydrogen) atoms. The van der Waals surface area contributed by atoms with Crippen LogP contribution in [-0.2, 0) is 10.0 Å².